The molecule has 0 amide bonds. The van der Waals surface area contributed by atoms with Crippen molar-refractivity contribution in [2.45, 2.75) is 0 Å². The van der Waals surface area contributed by atoms with Gasteiger partial charge in [0.15, 0.2) is 0 Å². The summed E-state index contributed by atoms with van der Waals surface area (Å²) in [7, 11) is 0. The van der Waals surface area contributed by atoms with Crippen LogP contribution in [-0.4, -0.2) is 153 Å². The van der Waals surface area contributed by atoms with Crippen LogP contribution in [0.4, 0.5) is 0 Å². The Kier molecular flexibility index (Phi) is 68.7. The van der Waals surface area contributed by atoms with E-state index in [-0.39, 0.29) is 153 Å². The van der Waals surface area contributed by atoms with E-state index in [1.807, 2.05) is 0 Å². The van der Waals surface area contributed by atoms with Crippen molar-refractivity contribution in [3.63, 3.8) is 0 Å². The van der Waals surface area contributed by atoms with Crippen LogP contribution in [0, 0.1) is 0 Å². The van der Waals surface area contributed by atoms with Gasteiger partial charge in [0.1, 0.15) is 0 Å². The molecule has 23 aromatic carbocycles. The standard InChI is InChI=1S/3C16H10.3C14H10.C10H8.28H2O/c3*1-3-11-7-9-13-5-2-6-14-10-8-12(4-1)15(11)16(13)14;3*1-2-6-12-10-14-8-4-3-7-13(14)9-11(12)5-1;1-2-6-10-8-4-3-7-9(10)5-1;;;;;;;;;;;;;;;;;;;;;;;;;;;;/h3*1-10H;3*1-10H;1-8H;28*1H2. The largest absolute Gasteiger partial charge is 0.412 e. The van der Waals surface area contributed by atoms with E-state index in [1.165, 1.54) is 172 Å². The molecule has 0 radical (unpaired) electrons. The van der Waals surface area contributed by atoms with Gasteiger partial charge in [0.05, 0.1) is 0 Å². The van der Waals surface area contributed by atoms with Gasteiger partial charge in [0, 0.05) is 0 Å². The van der Waals surface area contributed by atoms with E-state index in [0.717, 1.165) is 0 Å². The van der Waals surface area contributed by atoms with Crippen LogP contribution in [0.25, 0.3) is 172 Å². The Hall–Kier alpha value is -14.1. The quantitative estimate of drug-likeness (QED) is 0.135. The maximum Gasteiger partial charge on any atom is -0.00268 e. The highest BCUT2D eigenvalue weighted by atomic mass is 16.0. The van der Waals surface area contributed by atoms with Crippen LogP contribution in [0.2, 0.25) is 0 Å². The average Bonchev–Trinajstić information content (AvgIpc) is 0.757. The molecule has 0 saturated carbocycles. The van der Waals surface area contributed by atoms with Crippen LogP contribution in [-0.2, 0) is 0 Å². The van der Waals surface area contributed by atoms with Crippen molar-refractivity contribution >= 4 is 172 Å². The normalized spacial score (nSPS) is 8.75. The lowest BCUT2D eigenvalue weighted by molar-refractivity contribution is 0.823. The molecule has 56 N–H and O–H groups in total. The molecular weight excluding hydrogens is 1650 g/mol. The molecule has 0 aliphatic heterocycles. The van der Waals surface area contributed by atoms with E-state index in [2.05, 4.69) is 413 Å². The third kappa shape index (κ3) is 28.5. The molecular formula is C100H124O28. The molecule has 0 aliphatic carbocycles. The van der Waals surface area contributed by atoms with Gasteiger partial charge in [-0.25, -0.2) is 0 Å². The Bertz CT molecular complexity index is 5530. The molecule has 0 aromatic heterocycles. The lowest BCUT2D eigenvalue weighted by atomic mass is 9.95. The van der Waals surface area contributed by atoms with Crippen molar-refractivity contribution in [3.05, 3.63) is 413 Å². The first-order valence-electron chi connectivity index (χ1n) is 34.5. The molecule has 28 nitrogen and oxygen atoms in total. The highest BCUT2D eigenvalue weighted by molar-refractivity contribution is 6.25. The third-order valence-electron chi connectivity index (χ3n) is 19.7. The Morgan fingerprint density at radius 1 is 0.0625 bits per heavy atom. The summed E-state index contributed by atoms with van der Waals surface area (Å²) < 4.78 is 0. The fourth-order valence-electron chi connectivity index (χ4n) is 14.8. The first-order valence-corrected chi connectivity index (χ1v) is 34.5. The van der Waals surface area contributed by atoms with Crippen LogP contribution in [0.3, 0.4) is 0 Å². The zero-order chi connectivity index (χ0) is 66.6. The van der Waals surface area contributed by atoms with Crippen molar-refractivity contribution < 1.29 is 153 Å². The molecule has 692 valence electrons. The molecule has 0 fully saturated rings. The van der Waals surface area contributed by atoms with Gasteiger partial charge in [-0.05, 0) is 209 Å². The molecule has 0 spiro atoms. The minimum Gasteiger partial charge on any atom is -0.412 e. The Balaban J connectivity index is -0.000000119. The number of rotatable bonds is 0. The van der Waals surface area contributed by atoms with Crippen molar-refractivity contribution in [1.29, 1.82) is 0 Å². The van der Waals surface area contributed by atoms with Gasteiger partial charge in [-0.15, -0.1) is 0 Å². The smallest absolute Gasteiger partial charge is 0.00268 e. The van der Waals surface area contributed by atoms with Crippen molar-refractivity contribution in [2.75, 3.05) is 0 Å². The summed E-state index contributed by atoms with van der Waals surface area (Å²) in [5.41, 5.74) is 0. The van der Waals surface area contributed by atoms with E-state index in [0.29, 0.717) is 0 Å². The molecule has 0 saturated heterocycles. The van der Waals surface area contributed by atoms with Crippen molar-refractivity contribution in [1.82, 2.24) is 0 Å². The molecule has 0 atom stereocenters. The minimum atomic E-state index is 0. The number of fused-ring (bicyclic) bond motifs is 7. The van der Waals surface area contributed by atoms with Gasteiger partial charge >= 0.3 is 0 Å². The summed E-state index contributed by atoms with van der Waals surface area (Å²) in [5.74, 6) is 0. The first kappa shape index (κ1) is 140. The van der Waals surface area contributed by atoms with Gasteiger partial charge in [-0.3, -0.25) is 0 Å². The SMILES string of the molecule is O.O.O.O.O.O.O.O.O.O.O.O.O.O.O.O.O.O.O.O.O.O.O.O.O.O.O.O.c1cc2ccc3cccc4ccc(c1)c2c34.c1cc2ccc3cccc4ccc(c1)c2c34.c1cc2ccc3cccc4ccc(c1)c2c34.c1ccc2cc3ccccc3cc2c1.c1ccc2cc3ccccc3cc2c1.c1ccc2cc3ccccc3cc2c1.c1ccc2ccccc2c1. The van der Waals surface area contributed by atoms with Gasteiger partial charge < -0.3 is 153 Å². The van der Waals surface area contributed by atoms with E-state index >= 15 is 0 Å². The summed E-state index contributed by atoms with van der Waals surface area (Å²) in [6.45, 7) is 0. The monoisotopic (exact) mass is 1770 g/mol. The van der Waals surface area contributed by atoms with Crippen LogP contribution in [0.5, 0.6) is 0 Å². The van der Waals surface area contributed by atoms with Gasteiger partial charge in [-0.2, -0.15) is 0 Å². The fourth-order valence-corrected chi connectivity index (χ4v) is 14.8. The zero-order valence-corrected chi connectivity index (χ0v) is 69.3. The lowest BCUT2D eigenvalue weighted by Crippen LogP contribution is -1.82. The van der Waals surface area contributed by atoms with E-state index in [1.54, 1.807) is 0 Å². The van der Waals surface area contributed by atoms with Gasteiger partial charge in [0.2, 0.25) is 0 Å². The lowest BCUT2D eigenvalue weighted by Gasteiger charge is -2.09. The summed E-state index contributed by atoms with van der Waals surface area (Å²) >= 11 is 0. The molecule has 28 heteroatoms. The predicted molar refractivity (Wildman–Crippen MR) is 540 cm³/mol. The number of benzene rings is 23. The second-order valence-electron chi connectivity index (χ2n) is 25.9. The second-order valence-corrected chi connectivity index (χ2v) is 25.9. The van der Waals surface area contributed by atoms with Crippen molar-refractivity contribution in [2.24, 2.45) is 0 Å². The first-order chi connectivity index (χ1) is 49.6. The van der Waals surface area contributed by atoms with Crippen molar-refractivity contribution in [3.8, 4) is 0 Å². The minimum absolute atomic E-state index is 0. The Morgan fingerprint density at radius 2 is 0.133 bits per heavy atom. The highest BCUT2D eigenvalue weighted by Gasteiger charge is 2.10. The average molecular weight is 1770 g/mol. The molecule has 128 heavy (non-hydrogen) atoms. The van der Waals surface area contributed by atoms with Gasteiger partial charge in [0.25, 0.3) is 0 Å². The third-order valence-corrected chi connectivity index (χ3v) is 19.7. The van der Waals surface area contributed by atoms with E-state index in [9.17, 15) is 0 Å². The van der Waals surface area contributed by atoms with E-state index in [4.69, 9.17) is 0 Å². The number of hydrogen-bond acceptors (Lipinski definition) is 0. The summed E-state index contributed by atoms with van der Waals surface area (Å²) in [4.78, 5) is 0. The molecule has 0 aliphatic rings. The predicted octanol–water partition coefficient (Wildman–Crippen LogP) is 5.48. The molecule has 0 bridgehead atoms. The number of hydrogen-bond donors (Lipinski definition) is 0. The van der Waals surface area contributed by atoms with Crippen LogP contribution in [0.15, 0.2) is 413 Å². The maximum atomic E-state index is 2.24. The van der Waals surface area contributed by atoms with E-state index < -0.39 is 0 Å². The van der Waals surface area contributed by atoms with Crippen LogP contribution < -0.4 is 0 Å². The topological polar surface area (TPSA) is 882 Å². The molecule has 0 unspecified atom stereocenters. The van der Waals surface area contributed by atoms with Gasteiger partial charge in [-0.1, -0.05) is 376 Å². The second kappa shape index (κ2) is 62.9. The maximum absolute atomic E-state index is 2.24. The molecule has 0 heterocycles. The zero-order valence-electron chi connectivity index (χ0n) is 69.3. The summed E-state index contributed by atoms with van der Waals surface area (Å²) in [5, 5.41) is 42.8. The fraction of sp³-hybridized carbons (Fsp3) is 0. The molecule has 23 rings (SSSR count). The van der Waals surface area contributed by atoms with Crippen LogP contribution in [0.1, 0.15) is 0 Å². The highest BCUT2D eigenvalue weighted by Crippen LogP contribution is 2.37. The van der Waals surface area contributed by atoms with Crippen LogP contribution >= 0.6 is 0 Å². The Morgan fingerprint density at radius 3 is 0.219 bits per heavy atom. The summed E-state index contributed by atoms with van der Waals surface area (Å²) in [6.07, 6.45) is 0. The summed E-state index contributed by atoms with van der Waals surface area (Å²) in [6, 6.07) is 147. The molecule has 23 aromatic rings. The Labute approximate surface area is 734 Å².